The van der Waals surface area contributed by atoms with Gasteiger partial charge in [0.05, 0.1) is 0 Å². The van der Waals surface area contributed by atoms with Crippen LogP contribution in [0, 0.1) is 0 Å². The highest BCUT2D eigenvalue weighted by Crippen LogP contribution is 2.22. The molecule has 0 saturated heterocycles. The van der Waals surface area contributed by atoms with E-state index in [1.54, 1.807) is 24.5 Å². The first-order valence-corrected chi connectivity index (χ1v) is 5.66. The molecule has 0 bridgehead atoms. The highest BCUT2D eigenvalue weighted by molar-refractivity contribution is 5.75. The first kappa shape index (κ1) is 11.1. The third-order valence-corrected chi connectivity index (χ3v) is 3.02. The summed E-state index contributed by atoms with van der Waals surface area (Å²) in [5.74, 6) is -0.833. The van der Waals surface area contributed by atoms with E-state index in [0.29, 0.717) is 6.04 Å². The fraction of sp³-hybridized carbons (Fsp3) is 0.500. The molecular formula is C12H16N2O2. The molecule has 0 spiro atoms. The van der Waals surface area contributed by atoms with Crippen molar-refractivity contribution in [1.82, 2.24) is 10.3 Å². The predicted molar refractivity (Wildman–Crippen MR) is 60.0 cm³/mol. The standard InChI is InChI=1S/C12H16N2O2/c15-12(16)11(9-4-3-7-13-8-9)14-10-5-1-2-6-10/h3-4,7-8,10-11,14H,1-2,5-6H2,(H,15,16)/t11-/m0/s1. The van der Waals surface area contributed by atoms with Gasteiger partial charge in [-0.3, -0.25) is 15.1 Å². The third-order valence-electron chi connectivity index (χ3n) is 3.02. The smallest absolute Gasteiger partial charge is 0.325 e. The molecule has 0 aliphatic heterocycles. The fourth-order valence-electron chi connectivity index (χ4n) is 2.18. The Hall–Kier alpha value is -1.42. The van der Waals surface area contributed by atoms with Gasteiger partial charge in [-0.1, -0.05) is 18.9 Å². The molecule has 1 saturated carbocycles. The first-order valence-electron chi connectivity index (χ1n) is 5.66. The van der Waals surface area contributed by atoms with Gasteiger partial charge < -0.3 is 5.11 Å². The summed E-state index contributed by atoms with van der Waals surface area (Å²) in [6.07, 6.45) is 7.79. The number of nitrogens with zero attached hydrogens (tertiary/aromatic N) is 1. The van der Waals surface area contributed by atoms with Crippen LogP contribution in [0.4, 0.5) is 0 Å². The second-order valence-corrected chi connectivity index (χ2v) is 4.21. The SMILES string of the molecule is O=C(O)[C@@H](NC1CCCC1)c1cccnc1. The van der Waals surface area contributed by atoms with Crippen LogP contribution in [0.1, 0.15) is 37.3 Å². The maximum absolute atomic E-state index is 11.2. The van der Waals surface area contributed by atoms with Crippen LogP contribution in [-0.4, -0.2) is 22.1 Å². The van der Waals surface area contributed by atoms with Crippen molar-refractivity contribution in [2.45, 2.75) is 37.8 Å². The molecule has 0 amide bonds. The number of hydrogen-bond donors (Lipinski definition) is 2. The minimum absolute atomic E-state index is 0.335. The zero-order valence-electron chi connectivity index (χ0n) is 9.10. The van der Waals surface area contributed by atoms with Crippen LogP contribution in [0.25, 0.3) is 0 Å². The molecule has 2 rings (SSSR count). The molecule has 16 heavy (non-hydrogen) atoms. The summed E-state index contributed by atoms with van der Waals surface area (Å²) in [5.41, 5.74) is 0.724. The van der Waals surface area contributed by atoms with Crippen molar-refractivity contribution >= 4 is 5.97 Å². The van der Waals surface area contributed by atoms with Crippen LogP contribution in [0.2, 0.25) is 0 Å². The van der Waals surface area contributed by atoms with Crippen molar-refractivity contribution in [2.75, 3.05) is 0 Å². The van der Waals surface area contributed by atoms with E-state index in [9.17, 15) is 9.90 Å². The zero-order valence-corrected chi connectivity index (χ0v) is 9.10. The van der Waals surface area contributed by atoms with Gasteiger partial charge in [-0.2, -0.15) is 0 Å². The molecule has 2 N–H and O–H groups in total. The number of pyridine rings is 1. The van der Waals surface area contributed by atoms with E-state index in [1.807, 2.05) is 0 Å². The van der Waals surface area contributed by atoms with E-state index in [2.05, 4.69) is 10.3 Å². The van der Waals surface area contributed by atoms with Crippen LogP contribution < -0.4 is 5.32 Å². The molecule has 4 nitrogen and oxygen atoms in total. The molecule has 1 fully saturated rings. The molecule has 1 heterocycles. The van der Waals surface area contributed by atoms with Gasteiger partial charge in [0.1, 0.15) is 6.04 Å². The molecule has 0 radical (unpaired) electrons. The van der Waals surface area contributed by atoms with Crippen molar-refractivity contribution in [3.8, 4) is 0 Å². The van der Waals surface area contributed by atoms with Crippen molar-refractivity contribution in [3.05, 3.63) is 30.1 Å². The Morgan fingerprint density at radius 2 is 2.25 bits per heavy atom. The predicted octanol–water partition coefficient (Wildman–Crippen LogP) is 1.74. The minimum Gasteiger partial charge on any atom is -0.480 e. The zero-order chi connectivity index (χ0) is 11.4. The second-order valence-electron chi connectivity index (χ2n) is 4.21. The lowest BCUT2D eigenvalue weighted by atomic mass is 10.1. The van der Waals surface area contributed by atoms with Crippen molar-refractivity contribution in [2.24, 2.45) is 0 Å². The summed E-state index contributed by atoms with van der Waals surface area (Å²) >= 11 is 0. The lowest BCUT2D eigenvalue weighted by molar-refractivity contribution is -0.139. The number of carbonyl (C=O) groups is 1. The minimum atomic E-state index is -0.833. The molecular weight excluding hydrogens is 204 g/mol. The van der Waals surface area contributed by atoms with Gasteiger partial charge in [0.2, 0.25) is 0 Å². The number of carboxylic acid groups (broad SMARTS) is 1. The Morgan fingerprint density at radius 1 is 1.50 bits per heavy atom. The highest BCUT2D eigenvalue weighted by atomic mass is 16.4. The van der Waals surface area contributed by atoms with E-state index in [4.69, 9.17) is 0 Å². The Kier molecular flexibility index (Phi) is 3.51. The summed E-state index contributed by atoms with van der Waals surface area (Å²) < 4.78 is 0. The molecule has 4 heteroatoms. The van der Waals surface area contributed by atoms with Crippen molar-refractivity contribution in [1.29, 1.82) is 0 Å². The molecule has 0 aromatic carbocycles. The first-order chi connectivity index (χ1) is 7.77. The average molecular weight is 220 g/mol. The summed E-state index contributed by atoms with van der Waals surface area (Å²) in [7, 11) is 0. The van der Waals surface area contributed by atoms with Crippen LogP contribution in [0.15, 0.2) is 24.5 Å². The largest absolute Gasteiger partial charge is 0.480 e. The Morgan fingerprint density at radius 3 is 2.81 bits per heavy atom. The van der Waals surface area contributed by atoms with Gasteiger partial charge in [0.15, 0.2) is 0 Å². The number of aliphatic carboxylic acids is 1. The van der Waals surface area contributed by atoms with E-state index < -0.39 is 12.0 Å². The Labute approximate surface area is 94.7 Å². The quantitative estimate of drug-likeness (QED) is 0.811. The summed E-state index contributed by atoms with van der Waals surface area (Å²) in [5, 5.41) is 12.4. The van der Waals surface area contributed by atoms with Crippen molar-refractivity contribution < 1.29 is 9.90 Å². The Bertz CT molecular complexity index is 347. The van der Waals surface area contributed by atoms with Crippen molar-refractivity contribution in [3.63, 3.8) is 0 Å². The third kappa shape index (κ3) is 2.58. The molecule has 0 unspecified atom stereocenters. The van der Waals surface area contributed by atoms with Crippen LogP contribution in [0.5, 0.6) is 0 Å². The summed E-state index contributed by atoms with van der Waals surface area (Å²) in [6.45, 7) is 0. The molecule has 1 atom stereocenters. The molecule has 86 valence electrons. The van der Waals surface area contributed by atoms with Crippen LogP contribution >= 0.6 is 0 Å². The van der Waals surface area contributed by atoms with Gasteiger partial charge >= 0.3 is 5.97 Å². The highest BCUT2D eigenvalue weighted by Gasteiger charge is 2.25. The normalized spacial score (nSPS) is 18.5. The molecule has 1 aliphatic rings. The topological polar surface area (TPSA) is 62.2 Å². The Balaban J connectivity index is 2.08. The lowest BCUT2D eigenvalue weighted by Crippen LogP contribution is -2.35. The van der Waals surface area contributed by atoms with Gasteiger partial charge in [0.25, 0.3) is 0 Å². The summed E-state index contributed by atoms with van der Waals surface area (Å²) in [6, 6.07) is 3.27. The lowest BCUT2D eigenvalue weighted by Gasteiger charge is -2.19. The maximum atomic E-state index is 11.2. The van der Waals surface area contributed by atoms with E-state index in [-0.39, 0.29) is 0 Å². The summed E-state index contributed by atoms with van der Waals surface area (Å²) in [4.78, 5) is 15.2. The van der Waals surface area contributed by atoms with E-state index in [0.717, 1.165) is 18.4 Å². The number of rotatable bonds is 4. The number of aromatic nitrogens is 1. The monoisotopic (exact) mass is 220 g/mol. The second kappa shape index (κ2) is 5.07. The maximum Gasteiger partial charge on any atom is 0.325 e. The molecule has 1 aliphatic carbocycles. The van der Waals surface area contributed by atoms with Crippen LogP contribution in [0.3, 0.4) is 0 Å². The molecule has 1 aromatic rings. The fourth-order valence-corrected chi connectivity index (χ4v) is 2.18. The van der Waals surface area contributed by atoms with Gasteiger partial charge in [-0.15, -0.1) is 0 Å². The number of carboxylic acids is 1. The average Bonchev–Trinajstić information content (AvgIpc) is 2.79. The number of nitrogens with one attached hydrogen (secondary N) is 1. The number of hydrogen-bond acceptors (Lipinski definition) is 3. The van der Waals surface area contributed by atoms with Crippen LogP contribution in [-0.2, 0) is 4.79 Å². The van der Waals surface area contributed by atoms with Gasteiger partial charge in [-0.05, 0) is 24.5 Å². The van der Waals surface area contributed by atoms with E-state index in [1.165, 1.54) is 12.8 Å². The van der Waals surface area contributed by atoms with Gasteiger partial charge in [0, 0.05) is 18.4 Å². The molecule has 1 aromatic heterocycles. The van der Waals surface area contributed by atoms with E-state index >= 15 is 0 Å². The van der Waals surface area contributed by atoms with Gasteiger partial charge in [-0.25, -0.2) is 0 Å².